The highest BCUT2D eigenvalue weighted by atomic mass is 16.3. The summed E-state index contributed by atoms with van der Waals surface area (Å²) in [4.78, 5) is 0. The van der Waals surface area contributed by atoms with Crippen molar-refractivity contribution in [1.29, 1.82) is 0 Å². The summed E-state index contributed by atoms with van der Waals surface area (Å²) in [6.07, 6.45) is 4.61. The number of rotatable bonds is 0. The molecule has 0 amide bonds. The number of hydrogen-bond acceptors (Lipinski definition) is 2. The van der Waals surface area contributed by atoms with Crippen molar-refractivity contribution in [3.05, 3.63) is 0 Å². The average Bonchev–Trinajstić information content (AvgIpc) is 2.25. The van der Waals surface area contributed by atoms with Gasteiger partial charge >= 0.3 is 0 Å². The van der Waals surface area contributed by atoms with Crippen LogP contribution in [-0.2, 0) is 0 Å². The van der Waals surface area contributed by atoms with Gasteiger partial charge in [0, 0.05) is 12.1 Å². The van der Waals surface area contributed by atoms with Crippen LogP contribution in [-0.4, -0.2) is 23.3 Å². The number of hydrogen-bond donors (Lipinski definition) is 2. The van der Waals surface area contributed by atoms with Crippen molar-refractivity contribution in [1.82, 2.24) is 5.32 Å². The Morgan fingerprint density at radius 1 is 1.11 bits per heavy atom. The van der Waals surface area contributed by atoms with Gasteiger partial charge in [0.15, 0.2) is 0 Å². The first-order chi connectivity index (χ1) is 4.36. The molecule has 2 saturated heterocycles. The van der Waals surface area contributed by atoms with Gasteiger partial charge in [0.1, 0.15) is 0 Å². The van der Waals surface area contributed by atoms with Crippen molar-refractivity contribution in [2.45, 2.75) is 43.9 Å². The lowest BCUT2D eigenvalue weighted by atomic mass is 10.0. The smallest absolute Gasteiger partial charge is 0.0693 e. The lowest BCUT2D eigenvalue weighted by Gasteiger charge is -2.25. The molecule has 2 N–H and O–H groups in total. The third-order valence-electron chi connectivity index (χ3n) is 2.55. The fourth-order valence-electron chi connectivity index (χ4n) is 1.95. The normalized spacial score (nSPS) is 49.7. The van der Waals surface area contributed by atoms with E-state index in [2.05, 4.69) is 5.32 Å². The van der Waals surface area contributed by atoms with Gasteiger partial charge in [-0.05, 0) is 25.7 Å². The third kappa shape index (κ3) is 0.864. The standard InChI is InChI=1S/C7H13NO/c9-7-4-2-5-1-3-6(7)8-5/h5-9H,1-4H2/t5-,6+,7+/m1/s1. The second kappa shape index (κ2) is 1.96. The molecule has 2 bridgehead atoms. The molecule has 2 rings (SSSR count). The van der Waals surface area contributed by atoms with Gasteiger partial charge in [-0.3, -0.25) is 0 Å². The second-order valence-corrected chi connectivity index (χ2v) is 3.19. The molecule has 2 heterocycles. The van der Waals surface area contributed by atoms with Gasteiger partial charge in [-0.1, -0.05) is 0 Å². The molecular weight excluding hydrogens is 114 g/mol. The van der Waals surface area contributed by atoms with Crippen LogP contribution in [0.5, 0.6) is 0 Å². The maximum atomic E-state index is 9.33. The SMILES string of the molecule is O[C@H]1CC[C@H]2CC[C@@H]1N2. The Bertz CT molecular complexity index is 115. The molecular formula is C7H13NO. The highest BCUT2D eigenvalue weighted by Gasteiger charge is 2.33. The van der Waals surface area contributed by atoms with Crippen LogP contribution < -0.4 is 5.32 Å². The molecule has 0 aliphatic carbocycles. The molecule has 0 aromatic rings. The zero-order chi connectivity index (χ0) is 6.27. The van der Waals surface area contributed by atoms with E-state index < -0.39 is 0 Å². The van der Waals surface area contributed by atoms with E-state index in [1.165, 1.54) is 19.3 Å². The number of nitrogens with one attached hydrogen (secondary N) is 1. The highest BCUT2D eigenvalue weighted by Crippen LogP contribution is 2.26. The van der Waals surface area contributed by atoms with Gasteiger partial charge in [-0.15, -0.1) is 0 Å². The first-order valence-electron chi connectivity index (χ1n) is 3.80. The minimum atomic E-state index is -0.0521. The summed E-state index contributed by atoms with van der Waals surface area (Å²) >= 11 is 0. The molecule has 2 fully saturated rings. The number of fused-ring (bicyclic) bond motifs is 2. The zero-order valence-corrected chi connectivity index (χ0v) is 5.51. The van der Waals surface area contributed by atoms with Crippen molar-refractivity contribution < 1.29 is 5.11 Å². The molecule has 0 aromatic heterocycles. The molecule has 0 radical (unpaired) electrons. The van der Waals surface area contributed by atoms with Gasteiger partial charge in [-0.2, -0.15) is 0 Å². The van der Waals surface area contributed by atoms with Crippen LogP contribution in [0, 0.1) is 0 Å². The Labute approximate surface area is 55.3 Å². The number of piperidine rings is 1. The topological polar surface area (TPSA) is 32.3 Å². The number of aliphatic hydroxyl groups is 1. The summed E-state index contributed by atoms with van der Waals surface area (Å²) in [6, 6.07) is 1.17. The zero-order valence-electron chi connectivity index (χ0n) is 5.51. The van der Waals surface area contributed by atoms with E-state index in [0.29, 0.717) is 6.04 Å². The highest BCUT2D eigenvalue weighted by molar-refractivity contribution is 4.93. The van der Waals surface area contributed by atoms with Crippen molar-refractivity contribution in [3.63, 3.8) is 0 Å². The van der Waals surface area contributed by atoms with E-state index in [-0.39, 0.29) is 6.10 Å². The van der Waals surface area contributed by atoms with E-state index in [0.717, 1.165) is 12.5 Å². The van der Waals surface area contributed by atoms with Crippen LogP contribution in [0.25, 0.3) is 0 Å². The molecule has 0 saturated carbocycles. The summed E-state index contributed by atoms with van der Waals surface area (Å²) in [5.41, 5.74) is 0. The molecule has 0 spiro atoms. The monoisotopic (exact) mass is 127 g/mol. The molecule has 2 heteroatoms. The fourth-order valence-corrected chi connectivity index (χ4v) is 1.95. The van der Waals surface area contributed by atoms with E-state index in [9.17, 15) is 5.11 Å². The lowest BCUT2D eigenvalue weighted by molar-refractivity contribution is 0.103. The molecule has 2 aliphatic heterocycles. The fraction of sp³-hybridized carbons (Fsp3) is 1.00. The van der Waals surface area contributed by atoms with E-state index in [1.807, 2.05) is 0 Å². The predicted octanol–water partition coefficient (Wildman–Crippen LogP) is 0.262. The van der Waals surface area contributed by atoms with E-state index in [1.54, 1.807) is 0 Å². The average molecular weight is 127 g/mol. The van der Waals surface area contributed by atoms with Gasteiger partial charge in [0.05, 0.1) is 6.10 Å². The second-order valence-electron chi connectivity index (χ2n) is 3.19. The molecule has 0 aromatic carbocycles. The Kier molecular flexibility index (Phi) is 1.24. The van der Waals surface area contributed by atoms with Crippen LogP contribution in [0.15, 0.2) is 0 Å². The van der Waals surface area contributed by atoms with E-state index in [4.69, 9.17) is 0 Å². The Morgan fingerprint density at radius 2 is 1.89 bits per heavy atom. The van der Waals surface area contributed by atoms with Crippen LogP contribution in [0.3, 0.4) is 0 Å². The molecule has 2 nitrogen and oxygen atoms in total. The molecule has 2 aliphatic rings. The minimum Gasteiger partial charge on any atom is -0.392 e. The summed E-state index contributed by atoms with van der Waals surface area (Å²) < 4.78 is 0. The lowest BCUT2D eigenvalue weighted by Crippen LogP contribution is -2.43. The van der Waals surface area contributed by atoms with Gasteiger partial charge in [-0.25, -0.2) is 0 Å². The Hall–Kier alpha value is -0.0800. The van der Waals surface area contributed by atoms with Gasteiger partial charge in [0.2, 0.25) is 0 Å². The maximum absolute atomic E-state index is 9.33. The molecule has 52 valence electrons. The van der Waals surface area contributed by atoms with Crippen LogP contribution in [0.4, 0.5) is 0 Å². The van der Waals surface area contributed by atoms with Gasteiger partial charge < -0.3 is 10.4 Å². The van der Waals surface area contributed by atoms with Crippen molar-refractivity contribution in [2.75, 3.05) is 0 Å². The molecule has 0 unspecified atom stereocenters. The first-order valence-corrected chi connectivity index (χ1v) is 3.80. The summed E-state index contributed by atoms with van der Waals surface area (Å²) in [7, 11) is 0. The molecule has 9 heavy (non-hydrogen) atoms. The van der Waals surface area contributed by atoms with Gasteiger partial charge in [0.25, 0.3) is 0 Å². The quantitative estimate of drug-likeness (QED) is 0.489. The first kappa shape index (κ1) is 5.69. The van der Waals surface area contributed by atoms with Crippen LogP contribution in [0.1, 0.15) is 25.7 Å². The molecule has 3 atom stereocenters. The Morgan fingerprint density at radius 3 is 2.67 bits per heavy atom. The Balaban J connectivity index is 2.05. The van der Waals surface area contributed by atoms with Crippen LogP contribution in [0.2, 0.25) is 0 Å². The summed E-state index contributed by atoms with van der Waals surface area (Å²) in [5.74, 6) is 0. The van der Waals surface area contributed by atoms with Crippen molar-refractivity contribution >= 4 is 0 Å². The third-order valence-corrected chi connectivity index (χ3v) is 2.55. The minimum absolute atomic E-state index is 0.0521. The summed E-state index contributed by atoms with van der Waals surface area (Å²) in [6.45, 7) is 0. The maximum Gasteiger partial charge on any atom is 0.0693 e. The van der Waals surface area contributed by atoms with E-state index >= 15 is 0 Å². The summed E-state index contributed by atoms with van der Waals surface area (Å²) in [5, 5.41) is 12.7. The number of aliphatic hydroxyl groups excluding tert-OH is 1. The van der Waals surface area contributed by atoms with Crippen LogP contribution >= 0.6 is 0 Å². The predicted molar refractivity (Wildman–Crippen MR) is 35.2 cm³/mol. The van der Waals surface area contributed by atoms with Crippen molar-refractivity contribution in [2.24, 2.45) is 0 Å². The largest absolute Gasteiger partial charge is 0.392 e. The van der Waals surface area contributed by atoms with Crippen molar-refractivity contribution in [3.8, 4) is 0 Å².